The molecule has 0 aliphatic heterocycles. The predicted octanol–water partition coefficient (Wildman–Crippen LogP) is 3.00. The number of nitrogens with zero attached hydrogens (tertiary/aromatic N) is 5. The summed E-state index contributed by atoms with van der Waals surface area (Å²) in [4.78, 5) is 14.8. The standard InChI is InChI=1S/C19H27N5O2S/c1-3-23(16-7-5-4-6-8-16)18(25)14-27-19-20-21-22-24(19)13-15-9-11-17(26-2)12-10-15/h9-12,16H,3-8,13-14H2,1-2H3. The third-order valence-corrected chi connectivity index (χ3v) is 5.93. The minimum Gasteiger partial charge on any atom is -0.497 e. The molecule has 0 saturated heterocycles. The minimum atomic E-state index is 0.174. The van der Waals surface area contributed by atoms with Crippen molar-refractivity contribution in [3.63, 3.8) is 0 Å². The third-order valence-electron chi connectivity index (χ3n) is 4.99. The number of carbonyl (C=O) groups excluding carboxylic acids is 1. The Morgan fingerprint density at radius 1 is 1.26 bits per heavy atom. The number of hydrogen-bond donors (Lipinski definition) is 0. The van der Waals surface area contributed by atoms with Crippen molar-refractivity contribution in [3.05, 3.63) is 29.8 Å². The summed E-state index contributed by atoms with van der Waals surface area (Å²) in [7, 11) is 1.65. The molecule has 1 heterocycles. The van der Waals surface area contributed by atoms with E-state index in [9.17, 15) is 4.79 Å². The Hall–Kier alpha value is -2.09. The van der Waals surface area contributed by atoms with Gasteiger partial charge in [0.2, 0.25) is 11.1 Å². The van der Waals surface area contributed by atoms with Crippen LogP contribution in [0.1, 0.15) is 44.6 Å². The Bertz CT molecular complexity index is 728. The molecular formula is C19H27N5O2S. The molecule has 1 aromatic heterocycles. The largest absolute Gasteiger partial charge is 0.497 e. The van der Waals surface area contributed by atoms with Gasteiger partial charge in [-0.1, -0.05) is 43.2 Å². The van der Waals surface area contributed by atoms with Crippen LogP contribution in [0.4, 0.5) is 0 Å². The molecule has 1 aliphatic carbocycles. The number of hydrogen-bond acceptors (Lipinski definition) is 6. The molecule has 1 saturated carbocycles. The van der Waals surface area contributed by atoms with E-state index in [1.807, 2.05) is 29.2 Å². The molecule has 0 bridgehead atoms. The highest BCUT2D eigenvalue weighted by Crippen LogP contribution is 2.24. The normalized spacial score (nSPS) is 14.9. The van der Waals surface area contributed by atoms with Crippen molar-refractivity contribution in [2.75, 3.05) is 19.4 Å². The summed E-state index contributed by atoms with van der Waals surface area (Å²) in [5, 5.41) is 12.6. The molecule has 2 aromatic rings. The van der Waals surface area contributed by atoms with Gasteiger partial charge < -0.3 is 9.64 Å². The quantitative estimate of drug-likeness (QED) is 0.646. The topological polar surface area (TPSA) is 73.1 Å². The van der Waals surface area contributed by atoms with Crippen LogP contribution >= 0.6 is 11.8 Å². The smallest absolute Gasteiger partial charge is 0.233 e. The first-order valence-electron chi connectivity index (χ1n) is 9.52. The van der Waals surface area contributed by atoms with Gasteiger partial charge in [0.25, 0.3) is 0 Å². The molecule has 1 fully saturated rings. The van der Waals surface area contributed by atoms with Gasteiger partial charge in [-0.25, -0.2) is 4.68 Å². The van der Waals surface area contributed by atoms with E-state index < -0.39 is 0 Å². The van der Waals surface area contributed by atoms with E-state index in [1.165, 1.54) is 31.0 Å². The van der Waals surface area contributed by atoms with Gasteiger partial charge >= 0.3 is 0 Å². The van der Waals surface area contributed by atoms with Crippen molar-refractivity contribution in [1.29, 1.82) is 0 Å². The number of rotatable bonds is 8. The van der Waals surface area contributed by atoms with Crippen LogP contribution < -0.4 is 4.74 Å². The highest BCUT2D eigenvalue weighted by atomic mass is 32.2. The summed E-state index contributed by atoms with van der Waals surface area (Å²) in [6.45, 7) is 3.39. The lowest BCUT2D eigenvalue weighted by Gasteiger charge is -2.33. The second-order valence-electron chi connectivity index (χ2n) is 6.73. The van der Waals surface area contributed by atoms with Crippen molar-refractivity contribution in [2.45, 2.75) is 56.8 Å². The molecule has 1 aromatic carbocycles. The second-order valence-corrected chi connectivity index (χ2v) is 7.67. The molecule has 1 aliphatic rings. The van der Waals surface area contributed by atoms with Crippen LogP contribution in [-0.4, -0.2) is 56.5 Å². The maximum atomic E-state index is 12.7. The van der Waals surface area contributed by atoms with Crippen LogP contribution in [0, 0.1) is 0 Å². The molecule has 0 atom stereocenters. The van der Waals surface area contributed by atoms with Crippen molar-refractivity contribution in [1.82, 2.24) is 25.1 Å². The highest BCUT2D eigenvalue weighted by Gasteiger charge is 2.24. The van der Waals surface area contributed by atoms with Crippen LogP contribution in [0.25, 0.3) is 0 Å². The zero-order valence-electron chi connectivity index (χ0n) is 16.0. The Morgan fingerprint density at radius 2 is 2.00 bits per heavy atom. The summed E-state index contributed by atoms with van der Waals surface area (Å²) in [5.74, 6) is 1.36. The van der Waals surface area contributed by atoms with E-state index >= 15 is 0 Å². The van der Waals surface area contributed by atoms with Gasteiger partial charge in [-0.3, -0.25) is 4.79 Å². The van der Waals surface area contributed by atoms with E-state index in [0.29, 0.717) is 23.5 Å². The number of benzene rings is 1. The monoisotopic (exact) mass is 389 g/mol. The van der Waals surface area contributed by atoms with Crippen molar-refractivity contribution in [3.8, 4) is 5.75 Å². The number of aromatic nitrogens is 4. The Kier molecular flexibility index (Phi) is 7.09. The van der Waals surface area contributed by atoms with Gasteiger partial charge in [0.15, 0.2) is 0 Å². The molecule has 1 amide bonds. The first-order chi connectivity index (χ1) is 13.2. The highest BCUT2D eigenvalue weighted by molar-refractivity contribution is 7.99. The number of ether oxygens (including phenoxy) is 1. The first kappa shape index (κ1) is 19.7. The lowest BCUT2D eigenvalue weighted by Crippen LogP contribution is -2.42. The minimum absolute atomic E-state index is 0.174. The summed E-state index contributed by atoms with van der Waals surface area (Å²) in [5.41, 5.74) is 1.08. The summed E-state index contributed by atoms with van der Waals surface area (Å²) >= 11 is 1.41. The Labute approximate surface area is 164 Å². The van der Waals surface area contributed by atoms with Crippen LogP contribution in [-0.2, 0) is 11.3 Å². The molecule has 8 heteroatoms. The zero-order chi connectivity index (χ0) is 19.1. The van der Waals surface area contributed by atoms with Gasteiger partial charge in [-0.15, -0.1) is 5.10 Å². The molecule has 7 nitrogen and oxygen atoms in total. The number of carbonyl (C=O) groups is 1. The van der Waals surface area contributed by atoms with E-state index in [-0.39, 0.29) is 5.91 Å². The lowest BCUT2D eigenvalue weighted by molar-refractivity contribution is -0.131. The first-order valence-corrected chi connectivity index (χ1v) is 10.5. The fraction of sp³-hybridized carbons (Fsp3) is 0.579. The van der Waals surface area contributed by atoms with Crippen molar-refractivity contribution < 1.29 is 9.53 Å². The van der Waals surface area contributed by atoms with Gasteiger partial charge in [-0.05, 0) is 47.9 Å². The molecular weight excluding hydrogens is 362 g/mol. The predicted molar refractivity (Wildman–Crippen MR) is 105 cm³/mol. The Balaban J connectivity index is 1.57. The maximum absolute atomic E-state index is 12.7. The third kappa shape index (κ3) is 5.22. The van der Waals surface area contributed by atoms with E-state index in [1.54, 1.807) is 11.8 Å². The number of thioether (sulfide) groups is 1. The van der Waals surface area contributed by atoms with Gasteiger partial charge in [-0.2, -0.15) is 0 Å². The molecule has 0 unspecified atom stereocenters. The summed E-state index contributed by atoms with van der Waals surface area (Å²) in [6.07, 6.45) is 5.99. The van der Waals surface area contributed by atoms with Gasteiger partial charge in [0, 0.05) is 12.6 Å². The second kappa shape index (κ2) is 9.73. The van der Waals surface area contributed by atoms with Gasteiger partial charge in [0.05, 0.1) is 19.4 Å². The van der Waals surface area contributed by atoms with Crippen LogP contribution in [0.5, 0.6) is 5.75 Å². The summed E-state index contributed by atoms with van der Waals surface area (Å²) in [6, 6.07) is 8.20. The van der Waals surface area contributed by atoms with E-state index in [4.69, 9.17) is 4.74 Å². The summed E-state index contributed by atoms with van der Waals surface area (Å²) < 4.78 is 6.92. The van der Waals surface area contributed by atoms with Crippen LogP contribution in [0.15, 0.2) is 29.4 Å². The number of amides is 1. The average molecular weight is 390 g/mol. The fourth-order valence-corrected chi connectivity index (χ4v) is 4.31. The number of methoxy groups -OCH3 is 1. The lowest BCUT2D eigenvalue weighted by atomic mass is 9.94. The van der Waals surface area contributed by atoms with Crippen molar-refractivity contribution >= 4 is 17.7 Å². The average Bonchev–Trinajstić information content (AvgIpc) is 3.15. The molecule has 0 N–H and O–H groups in total. The number of tetrazole rings is 1. The molecule has 0 radical (unpaired) electrons. The van der Waals surface area contributed by atoms with E-state index in [2.05, 4.69) is 22.4 Å². The molecule has 0 spiro atoms. The van der Waals surface area contributed by atoms with E-state index in [0.717, 1.165) is 30.7 Å². The maximum Gasteiger partial charge on any atom is 0.233 e. The van der Waals surface area contributed by atoms with Crippen LogP contribution in [0.2, 0.25) is 0 Å². The molecule has 27 heavy (non-hydrogen) atoms. The zero-order valence-corrected chi connectivity index (χ0v) is 16.8. The fourth-order valence-electron chi connectivity index (χ4n) is 3.54. The Morgan fingerprint density at radius 3 is 2.67 bits per heavy atom. The molecule has 3 rings (SSSR count). The SMILES string of the molecule is CCN(C(=O)CSc1nnnn1Cc1ccc(OC)cc1)C1CCCCC1. The van der Waals surface area contributed by atoms with Gasteiger partial charge in [0.1, 0.15) is 5.75 Å². The van der Waals surface area contributed by atoms with Crippen LogP contribution in [0.3, 0.4) is 0 Å². The van der Waals surface area contributed by atoms with Crippen molar-refractivity contribution in [2.24, 2.45) is 0 Å². The molecule has 146 valence electrons.